The minimum absolute atomic E-state index is 0.0960. The lowest BCUT2D eigenvalue weighted by molar-refractivity contribution is -0.131. The third-order valence-corrected chi connectivity index (χ3v) is 5.25. The second kappa shape index (κ2) is 8.69. The van der Waals surface area contributed by atoms with Crippen molar-refractivity contribution in [1.82, 2.24) is 19.8 Å². The van der Waals surface area contributed by atoms with E-state index >= 15 is 0 Å². The molecule has 7 nitrogen and oxygen atoms in total. The Hall–Kier alpha value is -2.81. The summed E-state index contributed by atoms with van der Waals surface area (Å²) in [4.78, 5) is 26.8. The van der Waals surface area contributed by atoms with Crippen LogP contribution in [0.25, 0.3) is 0 Å². The summed E-state index contributed by atoms with van der Waals surface area (Å²) in [5.41, 5.74) is 0. The molecule has 0 spiro atoms. The van der Waals surface area contributed by atoms with Crippen LogP contribution < -0.4 is 9.64 Å². The number of likely N-dealkylation sites (tertiary alicyclic amines) is 1. The smallest absolute Gasteiger partial charge is 0.236 e. The van der Waals surface area contributed by atoms with Crippen LogP contribution in [-0.2, 0) is 4.79 Å². The van der Waals surface area contributed by atoms with E-state index in [-0.39, 0.29) is 17.5 Å². The van der Waals surface area contributed by atoms with Crippen molar-refractivity contribution in [3.63, 3.8) is 0 Å². The first-order chi connectivity index (χ1) is 14.1. The van der Waals surface area contributed by atoms with Crippen molar-refractivity contribution in [2.45, 2.75) is 12.8 Å². The molecule has 154 valence electrons. The first-order valence-corrected chi connectivity index (χ1v) is 9.78. The van der Waals surface area contributed by atoms with Gasteiger partial charge in [-0.05, 0) is 25.0 Å². The maximum Gasteiger partial charge on any atom is 0.236 e. The van der Waals surface area contributed by atoms with Crippen molar-refractivity contribution in [2.75, 3.05) is 50.7 Å². The lowest BCUT2D eigenvalue weighted by atomic mass is 10.3. The second-order valence-corrected chi connectivity index (χ2v) is 7.24. The molecule has 1 aromatic heterocycles. The molecule has 0 unspecified atom stereocenters. The third kappa shape index (κ3) is 4.79. The van der Waals surface area contributed by atoms with Crippen LogP contribution in [-0.4, -0.2) is 71.5 Å². The Morgan fingerprint density at radius 2 is 1.76 bits per heavy atom. The van der Waals surface area contributed by atoms with Crippen LogP contribution in [0.15, 0.2) is 30.6 Å². The molecule has 9 heteroatoms. The average molecular weight is 403 g/mol. The van der Waals surface area contributed by atoms with Crippen LogP contribution in [0.1, 0.15) is 12.8 Å². The van der Waals surface area contributed by atoms with Gasteiger partial charge >= 0.3 is 0 Å². The largest absolute Gasteiger partial charge is 0.436 e. The molecule has 0 N–H and O–H groups in total. The minimum Gasteiger partial charge on any atom is -0.436 e. The van der Waals surface area contributed by atoms with E-state index in [1.807, 2.05) is 4.90 Å². The quantitative estimate of drug-likeness (QED) is 0.764. The molecule has 3 heterocycles. The van der Waals surface area contributed by atoms with Crippen LogP contribution in [0.5, 0.6) is 11.6 Å². The lowest BCUT2D eigenvalue weighted by Gasteiger charge is -2.35. The van der Waals surface area contributed by atoms with Crippen molar-refractivity contribution in [1.29, 1.82) is 0 Å². The zero-order valence-electron chi connectivity index (χ0n) is 16.1. The number of anilines is 1. The zero-order valence-corrected chi connectivity index (χ0v) is 16.1. The minimum atomic E-state index is -0.790. The van der Waals surface area contributed by atoms with E-state index in [2.05, 4.69) is 19.8 Å². The molecule has 29 heavy (non-hydrogen) atoms. The number of hydrogen-bond donors (Lipinski definition) is 0. The van der Waals surface area contributed by atoms with E-state index in [1.165, 1.54) is 12.4 Å². The average Bonchev–Trinajstić information content (AvgIpc) is 3.26. The van der Waals surface area contributed by atoms with E-state index in [1.54, 1.807) is 6.07 Å². The lowest BCUT2D eigenvalue weighted by Crippen LogP contribution is -2.50. The van der Waals surface area contributed by atoms with E-state index < -0.39 is 11.6 Å². The summed E-state index contributed by atoms with van der Waals surface area (Å²) < 4.78 is 32.3. The summed E-state index contributed by atoms with van der Waals surface area (Å²) in [6.45, 7) is 5.14. The molecular weight excluding hydrogens is 380 g/mol. The molecule has 0 radical (unpaired) electrons. The standard InChI is InChI=1S/C20H23F2N5O2/c21-15-3-4-17(16(22)11-15)29-19-12-18(23-14-24-19)26-9-7-25(8-10-26)13-20(28)27-5-1-2-6-27/h3-4,11-12,14H,1-2,5-10,13H2. The van der Waals surface area contributed by atoms with Crippen molar-refractivity contribution in [3.8, 4) is 11.6 Å². The normalized spacial score (nSPS) is 17.6. The van der Waals surface area contributed by atoms with Gasteiger partial charge in [-0.2, -0.15) is 0 Å². The van der Waals surface area contributed by atoms with Gasteiger partial charge in [0.25, 0.3) is 0 Å². The Labute approximate surface area is 167 Å². The van der Waals surface area contributed by atoms with Crippen molar-refractivity contribution in [2.24, 2.45) is 0 Å². The number of carbonyl (C=O) groups excluding carboxylic acids is 1. The van der Waals surface area contributed by atoms with Crippen LogP contribution in [0.3, 0.4) is 0 Å². The van der Waals surface area contributed by atoms with Crippen molar-refractivity contribution in [3.05, 3.63) is 42.2 Å². The summed E-state index contributed by atoms with van der Waals surface area (Å²) in [7, 11) is 0. The number of hydrogen-bond acceptors (Lipinski definition) is 6. The number of amides is 1. The van der Waals surface area contributed by atoms with E-state index in [9.17, 15) is 13.6 Å². The van der Waals surface area contributed by atoms with Crippen LogP contribution in [0.4, 0.5) is 14.6 Å². The Bertz CT molecular complexity index is 868. The SMILES string of the molecule is O=C(CN1CCN(c2cc(Oc3ccc(F)cc3F)ncn2)CC1)N1CCCC1. The van der Waals surface area contributed by atoms with Gasteiger partial charge in [-0.25, -0.2) is 18.7 Å². The van der Waals surface area contributed by atoms with Gasteiger partial charge in [-0.15, -0.1) is 0 Å². The molecule has 0 aliphatic carbocycles. The first-order valence-electron chi connectivity index (χ1n) is 9.78. The molecule has 2 fully saturated rings. The summed E-state index contributed by atoms with van der Waals surface area (Å²) in [5, 5.41) is 0. The van der Waals surface area contributed by atoms with Gasteiger partial charge in [-0.3, -0.25) is 9.69 Å². The highest BCUT2D eigenvalue weighted by Crippen LogP contribution is 2.25. The fraction of sp³-hybridized carbons (Fsp3) is 0.450. The van der Waals surface area contributed by atoms with E-state index in [4.69, 9.17) is 4.74 Å². The van der Waals surface area contributed by atoms with Gasteiger partial charge in [0, 0.05) is 51.4 Å². The molecule has 0 atom stereocenters. The molecule has 0 saturated carbocycles. The fourth-order valence-corrected chi connectivity index (χ4v) is 3.62. The predicted molar refractivity (Wildman–Crippen MR) is 103 cm³/mol. The number of piperazine rings is 1. The van der Waals surface area contributed by atoms with Crippen LogP contribution in [0.2, 0.25) is 0 Å². The Morgan fingerprint density at radius 3 is 2.48 bits per heavy atom. The zero-order chi connectivity index (χ0) is 20.2. The number of benzene rings is 1. The van der Waals surface area contributed by atoms with Gasteiger partial charge in [0.1, 0.15) is 18.0 Å². The van der Waals surface area contributed by atoms with Gasteiger partial charge in [0.2, 0.25) is 11.8 Å². The van der Waals surface area contributed by atoms with Gasteiger partial charge < -0.3 is 14.5 Å². The number of nitrogens with zero attached hydrogens (tertiary/aromatic N) is 5. The van der Waals surface area contributed by atoms with Gasteiger partial charge in [0.15, 0.2) is 11.6 Å². The van der Waals surface area contributed by atoms with Gasteiger partial charge in [-0.1, -0.05) is 0 Å². The monoisotopic (exact) mass is 403 g/mol. The third-order valence-electron chi connectivity index (χ3n) is 5.25. The maximum atomic E-state index is 13.8. The van der Waals surface area contributed by atoms with E-state index in [0.29, 0.717) is 25.5 Å². The molecule has 1 aromatic carbocycles. The molecule has 4 rings (SSSR count). The molecule has 2 aromatic rings. The summed E-state index contributed by atoms with van der Waals surface area (Å²) >= 11 is 0. The topological polar surface area (TPSA) is 61.8 Å². The summed E-state index contributed by atoms with van der Waals surface area (Å²) in [6, 6.07) is 4.75. The Morgan fingerprint density at radius 1 is 1.00 bits per heavy atom. The summed E-state index contributed by atoms with van der Waals surface area (Å²) in [5.74, 6) is -0.493. The highest BCUT2D eigenvalue weighted by atomic mass is 19.1. The molecule has 1 amide bonds. The summed E-state index contributed by atoms with van der Waals surface area (Å²) in [6.07, 6.45) is 3.55. The molecule has 2 aliphatic rings. The Kier molecular flexibility index (Phi) is 5.84. The number of aromatic nitrogens is 2. The highest BCUT2D eigenvalue weighted by Gasteiger charge is 2.24. The first kappa shape index (κ1) is 19.5. The molecule has 2 aliphatic heterocycles. The maximum absolute atomic E-state index is 13.8. The molecule has 0 bridgehead atoms. The Balaban J connectivity index is 1.34. The van der Waals surface area contributed by atoms with Crippen LogP contribution in [0, 0.1) is 11.6 Å². The number of ether oxygens (including phenoxy) is 1. The molecule has 2 saturated heterocycles. The van der Waals surface area contributed by atoms with E-state index in [0.717, 1.165) is 51.2 Å². The van der Waals surface area contributed by atoms with Gasteiger partial charge in [0.05, 0.1) is 6.54 Å². The predicted octanol–water partition coefficient (Wildman–Crippen LogP) is 2.29. The van der Waals surface area contributed by atoms with Crippen molar-refractivity contribution >= 4 is 11.7 Å². The highest BCUT2D eigenvalue weighted by molar-refractivity contribution is 5.78. The number of halogens is 2. The molecular formula is C20H23F2N5O2. The fourth-order valence-electron chi connectivity index (χ4n) is 3.62. The van der Waals surface area contributed by atoms with Crippen molar-refractivity contribution < 1.29 is 18.3 Å². The number of carbonyl (C=O) groups is 1. The second-order valence-electron chi connectivity index (χ2n) is 7.24. The van der Waals surface area contributed by atoms with Crippen LogP contribution >= 0.6 is 0 Å². The number of rotatable bonds is 5.